The van der Waals surface area contributed by atoms with Gasteiger partial charge in [-0.25, -0.2) is 4.98 Å². The Morgan fingerprint density at radius 1 is 1.00 bits per heavy atom. The van der Waals surface area contributed by atoms with Crippen molar-refractivity contribution in [3.63, 3.8) is 0 Å². The van der Waals surface area contributed by atoms with E-state index in [-0.39, 0.29) is 23.2 Å². The number of benzene rings is 1. The van der Waals surface area contributed by atoms with E-state index in [4.69, 9.17) is 0 Å². The van der Waals surface area contributed by atoms with Gasteiger partial charge in [-0.1, -0.05) is 36.8 Å². The first-order chi connectivity index (χ1) is 13.7. The van der Waals surface area contributed by atoms with Crippen molar-refractivity contribution in [3.8, 4) is 0 Å². The van der Waals surface area contributed by atoms with Gasteiger partial charge in [-0.3, -0.25) is 9.59 Å². The zero-order chi connectivity index (χ0) is 19.8. The minimum Gasteiger partial charge on any atom is -0.350 e. The summed E-state index contributed by atoms with van der Waals surface area (Å²) in [6.07, 6.45) is 8.87. The van der Waals surface area contributed by atoms with Crippen molar-refractivity contribution in [1.29, 1.82) is 0 Å². The highest BCUT2D eigenvalue weighted by molar-refractivity contribution is 6.03. The molecule has 3 rings (SSSR count). The number of hydrogen-bond acceptors (Lipinski definition) is 3. The highest BCUT2D eigenvalue weighted by Crippen LogP contribution is 2.19. The van der Waals surface area contributed by atoms with Crippen molar-refractivity contribution in [2.24, 2.45) is 0 Å². The molecule has 5 heteroatoms. The third-order valence-electron chi connectivity index (χ3n) is 4.95. The van der Waals surface area contributed by atoms with Crippen LogP contribution in [0.2, 0.25) is 0 Å². The number of allylic oxidation sites excluding steroid dienone is 1. The normalized spacial score (nSPS) is 13.5. The maximum Gasteiger partial charge on any atom is 0.274 e. The number of anilines is 1. The van der Waals surface area contributed by atoms with Gasteiger partial charge in [0.2, 0.25) is 0 Å². The zero-order valence-electron chi connectivity index (χ0n) is 16.3. The van der Waals surface area contributed by atoms with Gasteiger partial charge in [-0.05, 0) is 68.4 Å². The van der Waals surface area contributed by atoms with E-state index in [2.05, 4.69) is 28.6 Å². The van der Waals surface area contributed by atoms with E-state index in [1.54, 1.807) is 18.2 Å². The molecule has 146 valence electrons. The molecule has 2 N–H and O–H groups in total. The molecule has 0 saturated heterocycles. The number of carbonyl (C=O) groups excluding carboxylic acids is 2. The Balaban J connectivity index is 1.56. The molecule has 2 amide bonds. The molecule has 0 radical (unpaired) electrons. The van der Waals surface area contributed by atoms with Crippen molar-refractivity contribution in [2.45, 2.75) is 45.4 Å². The maximum atomic E-state index is 12.5. The zero-order valence-corrected chi connectivity index (χ0v) is 16.3. The van der Waals surface area contributed by atoms with Crippen molar-refractivity contribution >= 4 is 17.5 Å². The van der Waals surface area contributed by atoms with Crippen LogP contribution >= 0.6 is 0 Å². The molecular weight excluding hydrogens is 350 g/mol. The summed E-state index contributed by atoms with van der Waals surface area (Å²) in [5.41, 5.74) is 3.81. The molecule has 5 nitrogen and oxygen atoms in total. The number of aryl methyl sites for hydroxylation is 1. The number of pyridine rings is 1. The molecular formula is C23H27N3O2. The van der Waals surface area contributed by atoms with Gasteiger partial charge in [0, 0.05) is 12.2 Å². The topological polar surface area (TPSA) is 71.1 Å². The SMILES string of the molecule is CCc1ccc(NC(=O)c2cccc(C(=O)NCCC3=CCCCC3)n2)cc1. The van der Waals surface area contributed by atoms with Crippen LogP contribution in [0.1, 0.15) is 65.6 Å². The van der Waals surface area contributed by atoms with Crippen molar-refractivity contribution in [1.82, 2.24) is 10.3 Å². The molecule has 0 aliphatic heterocycles. The Morgan fingerprint density at radius 2 is 1.75 bits per heavy atom. The van der Waals surface area contributed by atoms with Gasteiger partial charge < -0.3 is 10.6 Å². The first-order valence-electron chi connectivity index (χ1n) is 9.99. The minimum absolute atomic E-state index is 0.224. The van der Waals surface area contributed by atoms with E-state index in [1.165, 1.54) is 24.0 Å². The predicted molar refractivity (Wildman–Crippen MR) is 112 cm³/mol. The number of hydrogen-bond donors (Lipinski definition) is 2. The summed E-state index contributed by atoms with van der Waals surface area (Å²) in [6.45, 7) is 2.67. The summed E-state index contributed by atoms with van der Waals surface area (Å²) in [5, 5.41) is 5.72. The Bertz CT molecular complexity index is 856. The highest BCUT2D eigenvalue weighted by atomic mass is 16.2. The molecule has 1 aliphatic carbocycles. The van der Waals surface area contributed by atoms with E-state index in [9.17, 15) is 9.59 Å². The van der Waals surface area contributed by atoms with Crippen LogP contribution in [0.5, 0.6) is 0 Å². The molecule has 1 aromatic carbocycles. The largest absolute Gasteiger partial charge is 0.350 e. The van der Waals surface area contributed by atoms with Gasteiger partial charge in [0.15, 0.2) is 0 Å². The first-order valence-corrected chi connectivity index (χ1v) is 9.99. The Morgan fingerprint density at radius 3 is 2.43 bits per heavy atom. The second-order valence-electron chi connectivity index (χ2n) is 7.03. The lowest BCUT2D eigenvalue weighted by Gasteiger charge is -2.13. The first kappa shape index (κ1) is 19.8. The fourth-order valence-electron chi connectivity index (χ4n) is 3.27. The van der Waals surface area contributed by atoms with Crippen LogP contribution in [-0.2, 0) is 6.42 Å². The molecule has 28 heavy (non-hydrogen) atoms. The number of aromatic nitrogens is 1. The van der Waals surface area contributed by atoms with Crippen LogP contribution < -0.4 is 10.6 Å². The van der Waals surface area contributed by atoms with Crippen molar-refractivity contribution in [3.05, 3.63) is 71.1 Å². The lowest BCUT2D eigenvalue weighted by molar-refractivity contribution is 0.0949. The standard InChI is InChI=1S/C23H27N3O2/c1-2-17-11-13-19(14-12-17)25-23(28)21-10-6-9-20(26-21)22(27)24-16-15-18-7-4-3-5-8-18/h6-7,9-14H,2-5,8,15-16H2,1H3,(H,24,27)(H,25,28). The van der Waals surface area contributed by atoms with Crippen LogP contribution in [0, 0.1) is 0 Å². The molecule has 0 unspecified atom stereocenters. The molecule has 2 aromatic rings. The smallest absolute Gasteiger partial charge is 0.274 e. The molecule has 0 atom stereocenters. The van der Waals surface area contributed by atoms with Crippen LogP contribution in [0.4, 0.5) is 5.69 Å². The summed E-state index contributed by atoms with van der Waals surface area (Å²) in [4.78, 5) is 29.0. The molecule has 0 saturated carbocycles. The third kappa shape index (κ3) is 5.52. The predicted octanol–water partition coefficient (Wildman–Crippen LogP) is 4.52. The molecule has 0 bridgehead atoms. The summed E-state index contributed by atoms with van der Waals surface area (Å²) < 4.78 is 0. The van der Waals surface area contributed by atoms with Crippen molar-refractivity contribution < 1.29 is 9.59 Å². The van der Waals surface area contributed by atoms with Gasteiger partial charge in [-0.2, -0.15) is 0 Å². The lowest BCUT2D eigenvalue weighted by Crippen LogP contribution is -2.26. The molecule has 0 fully saturated rings. The highest BCUT2D eigenvalue weighted by Gasteiger charge is 2.13. The third-order valence-corrected chi connectivity index (χ3v) is 4.95. The monoisotopic (exact) mass is 377 g/mol. The second kappa shape index (κ2) is 9.83. The minimum atomic E-state index is -0.328. The van der Waals surface area contributed by atoms with Gasteiger partial charge in [-0.15, -0.1) is 0 Å². The summed E-state index contributed by atoms with van der Waals surface area (Å²) in [7, 11) is 0. The lowest BCUT2D eigenvalue weighted by atomic mass is 9.97. The van der Waals surface area contributed by atoms with E-state index in [1.807, 2.05) is 24.3 Å². The number of nitrogens with one attached hydrogen (secondary N) is 2. The fourth-order valence-corrected chi connectivity index (χ4v) is 3.27. The van der Waals surface area contributed by atoms with Gasteiger partial charge in [0.05, 0.1) is 0 Å². The maximum absolute atomic E-state index is 12.5. The second-order valence-corrected chi connectivity index (χ2v) is 7.03. The van der Waals surface area contributed by atoms with Crippen LogP contribution in [0.15, 0.2) is 54.1 Å². The summed E-state index contributed by atoms with van der Waals surface area (Å²) >= 11 is 0. The Kier molecular flexibility index (Phi) is 6.95. The van der Waals surface area contributed by atoms with Gasteiger partial charge in [0.1, 0.15) is 11.4 Å². The van der Waals surface area contributed by atoms with Crippen LogP contribution in [0.25, 0.3) is 0 Å². The summed E-state index contributed by atoms with van der Waals surface area (Å²) in [6, 6.07) is 12.6. The number of rotatable bonds is 7. The van der Waals surface area contributed by atoms with Crippen LogP contribution in [0.3, 0.4) is 0 Å². The van der Waals surface area contributed by atoms with E-state index in [0.29, 0.717) is 12.2 Å². The molecule has 1 aliphatic rings. The van der Waals surface area contributed by atoms with Gasteiger partial charge in [0.25, 0.3) is 11.8 Å². The van der Waals surface area contributed by atoms with Crippen LogP contribution in [-0.4, -0.2) is 23.3 Å². The Labute approximate surface area is 166 Å². The van der Waals surface area contributed by atoms with E-state index < -0.39 is 0 Å². The number of carbonyl (C=O) groups is 2. The average molecular weight is 377 g/mol. The Hall–Kier alpha value is -2.95. The number of nitrogens with zero attached hydrogens (tertiary/aromatic N) is 1. The number of amides is 2. The molecule has 0 spiro atoms. The van der Waals surface area contributed by atoms with Crippen molar-refractivity contribution in [2.75, 3.05) is 11.9 Å². The fraction of sp³-hybridized carbons (Fsp3) is 0.348. The molecule has 1 heterocycles. The summed E-state index contributed by atoms with van der Waals surface area (Å²) in [5.74, 6) is -0.579. The van der Waals surface area contributed by atoms with E-state index >= 15 is 0 Å². The molecule has 1 aromatic heterocycles. The quantitative estimate of drug-likeness (QED) is 0.697. The van der Waals surface area contributed by atoms with E-state index in [0.717, 1.165) is 25.7 Å². The van der Waals surface area contributed by atoms with Gasteiger partial charge >= 0.3 is 0 Å². The average Bonchev–Trinajstić information content (AvgIpc) is 2.75.